The van der Waals surface area contributed by atoms with Crippen LogP contribution in [0.4, 0.5) is 11.4 Å². The average molecular weight is 226 g/mol. The van der Waals surface area contributed by atoms with Gasteiger partial charge >= 0.3 is 0 Å². The Morgan fingerprint density at radius 1 is 0.941 bits per heavy atom. The molecule has 0 aliphatic rings. The van der Waals surface area contributed by atoms with Crippen LogP contribution in [0, 0.1) is 0 Å². The van der Waals surface area contributed by atoms with Crippen LogP contribution in [0.25, 0.3) is 0 Å². The van der Waals surface area contributed by atoms with Crippen LogP contribution >= 0.6 is 0 Å². The molecule has 0 unspecified atom stereocenters. The summed E-state index contributed by atoms with van der Waals surface area (Å²) >= 11 is 0. The van der Waals surface area contributed by atoms with Gasteiger partial charge in [-0.25, -0.2) is 0 Å². The molecule has 0 saturated heterocycles. The van der Waals surface area contributed by atoms with Crippen molar-refractivity contribution in [3.05, 3.63) is 60.2 Å². The molecule has 2 rings (SSSR count). The van der Waals surface area contributed by atoms with E-state index in [1.807, 2.05) is 48.5 Å². The number of rotatable bonds is 3. The fourth-order valence-corrected chi connectivity index (χ4v) is 1.60. The highest BCUT2D eigenvalue weighted by molar-refractivity contribution is 6.00. The van der Waals surface area contributed by atoms with Crippen LogP contribution in [0.3, 0.4) is 0 Å². The maximum Gasteiger partial charge on any atom is 0.253 e. The van der Waals surface area contributed by atoms with E-state index in [2.05, 4.69) is 10.6 Å². The number of hydrogen-bond acceptors (Lipinski definition) is 2. The minimum Gasteiger partial charge on any atom is -0.355 e. The molecule has 2 N–H and O–H groups in total. The summed E-state index contributed by atoms with van der Waals surface area (Å²) in [5.74, 6) is -0.0935. The molecule has 0 aromatic heterocycles. The lowest BCUT2D eigenvalue weighted by molar-refractivity contribution is 0.0964. The largest absolute Gasteiger partial charge is 0.355 e. The summed E-state index contributed by atoms with van der Waals surface area (Å²) in [6.45, 7) is 0. The van der Waals surface area contributed by atoms with Crippen molar-refractivity contribution in [2.45, 2.75) is 0 Å². The Labute approximate surface area is 100 Å². The Hall–Kier alpha value is -2.29. The van der Waals surface area contributed by atoms with E-state index in [9.17, 15) is 4.79 Å². The molecule has 0 saturated carbocycles. The first-order chi connectivity index (χ1) is 8.31. The second kappa shape index (κ2) is 5.16. The Kier molecular flexibility index (Phi) is 3.40. The van der Waals surface area contributed by atoms with E-state index in [1.165, 1.54) is 0 Å². The Bertz CT molecular complexity index is 509. The van der Waals surface area contributed by atoms with Gasteiger partial charge in [0, 0.05) is 12.7 Å². The summed E-state index contributed by atoms with van der Waals surface area (Å²) < 4.78 is 0. The normalized spacial score (nSPS) is 9.71. The highest BCUT2D eigenvalue weighted by atomic mass is 16.1. The molecule has 3 heteroatoms. The first-order valence-corrected chi connectivity index (χ1v) is 5.44. The van der Waals surface area contributed by atoms with E-state index in [4.69, 9.17) is 0 Å². The molecule has 17 heavy (non-hydrogen) atoms. The van der Waals surface area contributed by atoms with Crippen LogP contribution in [0.1, 0.15) is 10.4 Å². The lowest BCUT2D eigenvalue weighted by atomic mass is 10.1. The number of benzene rings is 2. The number of para-hydroxylation sites is 2. The Morgan fingerprint density at radius 2 is 1.59 bits per heavy atom. The molecular formula is C14H14N2O. The van der Waals surface area contributed by atoms with Crippen molar-refractivity contribution >= 4 is 17.3 Å². The molecule has 0 aliphatic carbocycles. The maximum absolute atomic E-state index is 11.7. The molecule has 2 aromatic carbocycles. The third kappa shape index (κ3) is 2.64. The van der Waals surface area contributed by atoms with Gasteiger partial charge < -0.3 is 10.6 Å². The highest BCUT2D eigenvalue weighted by Crippen LogP contribution is 2.20. The molecule has 0 aliphatic heterocycles. The molecule has 0 atom stereocenters. The quantitative estimate of drug-likeness (QED) is 0.845. The minimum atomic E-state index is -0.0935. The zero-order valence-corrected chi connectivity index (χ0v) is 9.60. The van der Waals surface area contributed by atoms with E-state index in [0.717, 1.165) is 11.4 Å². The van der Waals surface area contributed by atoms with Gasteiger partial charge in [-0.3, -0.25) is 4.79 Å². The molecule has 0 radical (unpaired) electrons. The lowest BCUT2D eigenvalue weighted by Crippen LogP contribution is -2.18. The first-order valence-electron chi connectivity index (χ1n) is 5.44. The fraction of sp³-hybridized carbons (Fsp3) is 0.0714. The number of hydrogen-bond donors (Lipinski definition) is 2. The van der Waals surface area contributed by atoms with Crippen LogP contribution in [-0.2, 0) is 0 Å². The molecule has 0 spiro atoms. The van der Waals surface area contributed by atoms with Crippen LogP contribution in [-0.4, -0.2) is 13.0 Å². The third-order valence-corrected chi connectivity index (χ3v) is 2.45. The van der Waals surface area contributed by atoms with Crippen LogP contribution in [0.2, 0.25) is 0 Å². The van der Waals surface area contributed by atoms with Gasteiger partial charge in [-0.15, -0.1) is 0 Å². The van der Waals surface area contributed by atoms with Crippen molar-refractivity contribution in [1.29, 1.82) is 0 Å². The number of amides is 1. The van der Waals surface area contributed by atoms with Gasteiger partial charge in [-0.1, -0.05) is 30.3 Å². The third-order valence-electron chi connectivity index (χ3n) is 2.45. The lowest BCUT2D eigenvalue weighted by Gasteiger charge is -2.10. The minimum absolute atomic E-state index is 0.0935. The van der Waals surface area contributed by atoms with Gasteiger partial charge in [0.05, 0.1) is 11.3 Å². The van der Waals surface area contributed by atoms with Crippen molar-refractivity contribution in [3.63, 3.8) is 0 Å². The summed E-state index contributed by atoms with van der Waals surface area (Å²) in [7, 11) is 1.63. The molecule has 3 nitrogen and oxygen atoms in total. The summed E-state index contributed by atoms with van der Waals surface area (Å²) in [5.41, 5.74) is 2.40. The van der Waals surface area contributed by atoms with Gasteiger partial charge in [0.15, 0.2) is 0 Å². The van der Waals surface area contributed by atoms with Crippen molar-refractivity contribution < 1.29 is 4.79 Å². The number of carbonyl (C=O) groups is 1. The summed E-state index contributed by atoms with van der Waals surface area (Å²) in [6.07, 6.45) is 0. The summed E-state index contributed by atoms with van der Waals surface area (Å²) in [5, 5.41) is 5.86. The monoisotopic (exact) mass is 226 g/mol. The molecular weight excluding hydrogens is 212 g/mol. The van der Waals surface area contributed by atoms with Gasteiger partial charge in [0.2, 0.25) is 0 Å². The predicted octanol–water partition coefficient (Wildman–Crippen LogP) is 2.79. The fourth-order valence-electron chi connectivity index (χ4n) is 1.60. The molecule has 0 heterocycles. The smallest absolute Gasteiger partial charge is 0.253 e. The molecule has 1 amide bonds. The summed E-state index contributed by atoms with van der Waals surface area (Å²) in [6, 6.07) is 17.2. The van der Waals surface area contributed by atoms with Crippen molar-refractivity contribution in [1.82, 2.24) is 5.32 Å². The second-order valence-corrected chi connectivity index (χ2v) is 3.62. The van der Waals surface area contributed by atoms with E-state index in [1.54, 1.807) is 13.1 Å². The van der Waals surface area contributed by atoms with Gasteiger partial charge in [-0.2, -0.15) is 0 Å². The molecule has 2 aromatic rings. The zero-order chi connectivity index (χ0) is 12.1. The van der Waals surface area contributed by atoms with Crippen molar-refractivity contribution in [2.75, 3.05) is 12.4 Å². The first kappa shape index (κ1) is 11.2. The number of carbonyl (C=O) groups excluding carboxylic acids is 1. The Balaban J connectivity index is 2.30. The van der Waals surface area contributed by atoms with Crippen molar-refractivity contribution in [2.24, 2.45) is 0 Å². The maximum atomic E-state index is 11.7. The molecule has 86 valence electrons. The van der Waals surface area contributed by atoms with E-state index in [0.29, 0.717) is 5.56 Å². The van der Waals surface area contributed by atoms with E-state index in [-0.39, 0.29) is 5.91 Å². The molecule has 0 bridgehead atoms. The van der Waals surface area contributed by atoms with Gasteiger partial charge in [0.25, 0.3) is 5.91 Å². The Morgan fingerprint density at radius 3 is 2.29 bits per heavy atom. The van der Waals surface area contributed by atoms with Crippen LogP contribution in [0.15, 0.2) is 54.6 Å². The molecule has 0 fully saturated rings. The number of anilines is 2. The topological polar surface area (TPSA) is 41.1 Å². The predicted molar refractivity (Wildman–Crippen MR) is 69.6 cm³/mol. The average Bonchev–Trinajstić information content (AvgIpc) is 2.40. The number of nitrogens with one attached hydrogen (secondary N) is 2. The van der Waals surface area contributed by atoms with Crippen LogP contribution < -0.4 is 10.6 Å². The van der Waals surface area contributed by atoms with Crippen LogP contribution in [0.5, 0.6) is 0 Å². The zero-order valence-electron chi connectivity index (χ0n) is 9.60. The van der Waals surface area contributed by atoms with Gasteiger partial charge in [0.1, 0.15) is 0 Å². The second-order valence-electron chi connectivity index (χ2n) is 3.62. The highest BCUT2D eigenvalue weighted by Gasteiger charge is 2.08. The van der Waals surface area contributed by atoms with Crippen molar-refractivity contribution in [3.8, 4) is 0 Å². The van der Waals surface area contributed by atoms with E-state index < -0.39 is 0 Å². The summed E-state index contributed by atoms with van der Waals surface area (Å²) in [4.78, 5) is 11.7. The van der Waals surface area contributed by atoms with Gasteiger partial charge in [-0.05, 0) is 24.3 Å². The van der Waals surface area contributed by atoms with E-state index >= 15 is 0 Å². The standard InChI is InChI=1S/C14H14N2O/c1-15-14(17)12-9-5-6-10-13(12)16-11-7-3-2-4-8-11/h2-10,16H,1H3,(H,15,17). The SMILES string of the molecule is CNC(=O)c1ccccc1Nc1ccccc1.